The van der Waals surface area contributed by atoms with Gasteiger partial charge in [-0.25, -0.2) is 0 Å². The molecule has 16 heavy (non-hydrogen) atoms. The molecule has 0 spiro atoms. The predicted molar refractivity (Wildman–Crippen MR) is 56.6 cm³/mol. The quantitative estimate of drug-likeness (QED) is 0.710. The summed E-state index contributed by atoms with van der Waals surface area (Å²) in [6.45, 7) is 0. The maximum absolute atomic E-state index is 11.6. The lowest BCUT2D eigenvalue weighted by molar-refractivity contribution is 0.0995. The molecule has 1 amide bonds. The maximum Gasteiger partial charge on any atom is 0.265 e. The summed E-state index contributed by atoms with van der Waals surface area (Å²) in [7, 11) is 0. The molecular formula is C11H6N3O2. The van der Waals surface area contributed by atoms with Crippen molar-refractivity contribution >= 4 is 16.7 Å². The van der Waals surface area contributed by atoms with E-state index in [4.69, 9.17) is 11.0 Å². The fourth-order valence-electron chi connectivity index (χ4n) is 1.40. The van der Waals surface area contributed by atoms with Crippen LogP contribution in [0.5, 0.6) is 0 Å². The van der Waals surface area contributed by atoms with Crippen LogP contribution in [0.1, 0.15) is 16.1 Å². The molecule has 0 unspecified atom stereocenters. The van der Waals surface area contributed by atoms with Crippen molar-refractivity contribution in [3.63, 3.8) is 0 Å². The molecule has 0 saturated heterocycles. The van der Waals surface area contributed by atoms with Gasteiger partial charge in [-0.1, -0.05) is 0 Å². The number of aromatic nitrogens is 1. The van der Waals surface area contributed by atoms with Gasteiger partial charge in [-0.2, -0.15) is 5.26 Å². The third kappa shape index (κ3) is 1.53. The van der Waals surface area contributed by atoms with E-state index in [1.54, 1.807) is 0 Å². The Bertz CT molecular complexity index is 680. The number of carbonyl (C=O) groups is 1. The van der Waals surface area contributed by atoms with Crippen molar-refractivity contribution in [3.8, 4) is 6.07 Å². The van der Waals surface area contributed by atoms with Crippen LogP contribution in [0, 0.1) is 17.4 Å². The molecule has 0 aliphatic rings. The highest BCUT2D eigenvalue weighted by molar-refractivity contribution is 5.95. The van der Waals surface area contributed by atoms with E-state index < -0.39 is 11.5 Å². The summed E-state index contributed by atoms with van der Waals surface area (Å²) in [5.41, 5.74) is 4.92. The van der Waals surface area contributed by atoms with Crippen LogP contribution in [0.15, 0.2) is 23.0 Å². The van der Waals surface area contributed by atoms with Gasteiger partial charge in [0.2, 0.25) is 0 Å². The normalized spacial score (nSPS) is 9.94. The third-order valence-electron chi connectivity index (χ3n) is 2.16. The van der Waals surface area contributed by atoms with E-state index in [0.717, 1.165) is 0 Å². The van der Waals surface area contributed by atoms with Crippen LogP contribution in [-0.4, -0.2) is 10.9 Å². The number of nitriles is 1. The Hall–Kier alpha value is -2.61. The average molecular weight is 212 g/mol. The van der Waals surface area contributed by atoms with Gasteiger partial charge in [0.05, 0.1) is 11.6 Å². The standard InChI is InChI=1S/C11H6N3O2/c12-5-6-1-2-7-4-9(10(13)15)14-11(16)8(7)3-6/h2-4H,(H2,13,15)(H,14,16). The molecule has 5 nitrogen and oxygen atoms in total. The topological polar surface area (TPSA) is 99.7 Å². The number of nitrogens with one attached hydrogen (secondary N) is 1. The first-order valence-electron chi connectivity index (χ1n) is 4.40. The Morgan fingerprint density at radius 1 is 1.50 bits per heavy atom. The number of carbonyl (C=O) groups excluding carboxylic acids is 1. The number of pyridine rings is 1. The number of amides is 1. The number of rotatable bonds is 1. The van der Waals surface area contributed by atoms with Crippen LogP contribution >= 0.6 is 0 Å². The van der Waals surface area contributed by atoms with E-state index in [0.29, 0.717) is 10.8 Å². The molecule has 2 aromatic rings. The van der Waals surface area contributed by atoms with Crippen LogP contribution < -0.4 is 11.3 Å². The van der Waals surface area contributed by atoms with Crippen LogP contribution in [-0.2, 0) is 0 Å². The van der Waals surface area contributed by atoms with Crippen molar-refractivity contribution < 1.29 is 4.79 Å². The smallest absolute Gasteiger partial charge is 0.265 e. The zero-order valence-electron chi connectivity index (χ0n) is 8.07. The largest absolute Gasteiger partial charge is 0.364 e. The van der Waals surface area contributed by atoms with Crippen molar-refractivity contribution in [2.24, 2.45) is 5.73 Å². The van der Waals surface area contributed by atoms with Crippen LogP contribution in [0.25, 0.3) is 10.8 Å². The predicted octanol–water partition coefficient (Wildman–Crippen LogP) is 0.299. The summed E-state index contributed by atoms with van der Waals surface area (Å²) in [5, 5.41) is 9.52. The number of H-pyrrole nitrogens is 1. The zero-order valence-corrected chi connectivity index (χ0v) is 8.07. The first kappa shape index (κ1) is 9.93. The van der Waals surface area contributed by atoms with E-state index in [2.05, 4.69) is 11.1 Å². The first-order valence-corrected chi connectivity index (χ1v) is 4.40. The number of aromatic amines is 1. The van der Waals surface area contributed by atoms with Gasteiger partial charge in [0, 0.05) is 11.5 Å². The molecule has 0 saturated carbocycles. The van der Waals surface area contributed by atoms with Crippen molar-refractivity contribution in [2.45, 2.75) is 0 Å². The molecule has 0 aliphatic heterocycles. The molecule has 1 heterocycles. The second-order valence-electron chi connectivity index (χ2n) is 3.20. The summed E-state index contributed by atoms with van der Waals surface area (Å²) in [6, 6.07) is 8.92. The Morgan fingerprint density at radius 3 is 2.88 bits per heavy atom. The minimum Gasteiger partial charge on any atom is -0.364 e. The molecule has 1 radical (unpaired) electrons. The summed E-state index contributed by atoms with van der Waals surface area (Å²) in [5.74, 6) is -0.705. The van der Waals surface area contributed by atoms with E-state index >= 15 is 0 Å². The Balaban J connectivity index is 2.83. The number of fused-ring (bicyclic) bond motifs is 1. The van der Waals surface area contributed by atoms with Gasteiger partial charge in [-0.15, -0.1) is 0 Å². The molecule has 0 fully saturated rings. The highest BCUT2D eigenvalue weighted by Gasteiger charge is 2.06. The average Bonchev–Trinajstić information content (AvgIpc) is 2.28. The number of primary amides is 1. The van der Waals surface area contributed by atoms with Gasteiger partial charge in [-0.05, 0) is 23.6 Å². The summed E-state index contributed by atoms with van der Waals surface area (Å²) in [4.78, 5) is 24.8. The molecule has 0 atom stereocenters. The Morgan fingerprint density at radius 2 is 2.25 bits per heavy atom. The first-order chi connectivity index (χ1) is 7.61. The van der Waals surface area contributed by atoms with Gasteiger partial charge < -0.3 is 10.7 Å². The number of benzene rings is 1. The van der Waals surface area contributed by atoms with Gasteiger partial charge in [-0.3, -0.25) is 9.59 Å². The molecule has 1 aromatic heterocycles. The van der Waals surface area contributed by atoms with Crippen molar-refractivity contribution in [1.29, 1.82) is 5.26 Å². The lowest BCUT2D eigenvalue weighted by Crippen LogP contribution is -2.18. The summed E-state index contributed by atoms with van der Waals surface area (Å²) in [6.07, 6.45) is 0. The van der Waals surface area contributed by atoms with Crippen LogP contribution in [0.2, 0.25) is 0 Å². The van der Waals surface area contributed by atoms with Gasteiger partial charge in [0.25, 0.3) is 11.5 Å². The van der Waals surface area contributed by atoms with E-state index in [-0.39, 0.29) is 11.3 Å². The maximum atomic E-state index is 11.6. The molecule has 3 N–H and O–H groups in total. The molecule has 0 aliphatic carbocycles. The fraction of sp³-hybridized carbons (Fsp3) is 0. The second kappa shape index (κ2) is 3.51. The minimum absolute atomic E-state index is 0.0376. The Kier molecular flexibility index (Phi) is 2.18. The lowest BCUT2D eigenvalue weighted by atomic mass is 10.1. The van der Waals surface area contributed by atoms with Crippen molar-refractivity contribution in [1.82, 2.24) is 4.98 Å². The Labute approximate surface area is 90.1 Å². The van der Waals surface area contributed by atoms with Gasteiger partial charge in [0.1, 0.15) is 5.69 Å². The molecule has 0 bridgehead atoms. The SMILES string of the molecule is N#Cc1[c]cc2cc(C(N)=O)[nH]c(=O)c2c1. The minimum atomic E-state index is -0.705. The van der Waals surface area contributed by atoms with Crippen molar-refractivity contribution in [3.05, 3.63) is 45.9 Å². The number of hydrogen-bond donors (Lipinski definition) is 2. The van der Waals surface area contributed by atoms with Crippen molar-refractivity contribution in [2.75, 3.05) is 0 Å². The molecule has 1 aromatic carbocycles. The van der Waals surface area contributed by atoms with Crippen LogP contribution in [0.4, 0.5) is 0 Å². The highest BCUT2D eigenvalue weighted by Crippen LogP contribution is 2.11. The monoisotopic (exact) mass is 212 g/mol. The van der Waals surface area contributed by atoms with E-state index in [1.165, 1.54) is 18.2 Å². The zero-order chi connectivity index (χ0) is 11.7. The van der Waals surface area contributed by atoms with E-state index in [9.17, 15) is 9.59 Å². The van der Waals surface area contributed by atoms with Gasteiger partial charge >= 0.3 is 0 Å². The van der Waals surface area contributed by atoms with E-state index in [1.807, 2.05) is 6.07 Å². The van der Waals surface area contributed by atoms with Gasteiger partial charge in [0.15, 0.2) is 0 Å². The summed E-state index contributed by atoms with van der Waals surface area (Å²) < 4.78 is 0. The molecule has 77 valence electrons. The molecular weight excluding hydrogens is 206 g/mol. The number of hydrogen-bond acceptors (Lipinski definition) is 3. The number of nitrogens with two attached hydrogens (primary N) is 1. The third-order valence-corrected chi connectivity index (χ3v) is 2.16. The lowest BCUT2D eigenvalue weighted by Gasteiger charge is -2.00. The highest BCUT2D eigenvalue weighted by atomic mass is 16.1. The fourth-order valence-corrected chi connectivity index (χ4v) is 1.40. The summed E-state index contributed by atoms with van der Waals surface area (Å²) >= 11 is 0. The number of nitrogens with zero attached hydrogens (tertiary/aromatic N) is 1. The van der Waals surface area contributed by atoms with Crippen LogP contribution in [0.3, 0.4) is 0 Å². The second-order valence-corrected chi connectivity index (χ2v) is 3.20. The molecule has 5 heteroatoms. The molecule has 2 rings (SSSR count).